The Morgan fingerprint density at radius 3 is 2.48 bits per heavy atom. The number of fused-ring (bicyclic) bond motifs is 1. The topological polar surface area (TPSA) is 35.5 Å². The fourth-order valence-electron chi connectivity index (χ4n) is 5.45. The Morgan fingerprint density at radius 1 is 1.21 bits per heavy atom. The van der Waals surface area contributed by atoms with E-state index in [1.807, 2.05) is 19.9 Å². The molecule has 1 aliphatic carbocycles. The average molecular weight is 411 g/mol. The molecule has 29 heavy (non-hydrogen) atoms. The van der Waals surface area contributed by atoms with Crippen LogP contribution in [0.4, 0.5) is 18.9 Å². The molecule has 0 aromatic heterocycles. The van der Waals surface area contributed by atoms with Crippen LogP contribution in [0.15, 0.2) is 42.1 Å². The fourth-order valence-corrected chi connectivity index (χ4v) is 5.45. The number of nitrogens with one attached hydrogen (secondary N) is 1. The zero-order valence-electron chi connectivity index (χ0n) is 17.5. The third-order valence-corrected chi connectivity index (χ3v) is 6.92. The summed E-state index contributed by atoms with van der Waals surface area (Å²) in [5.74, 6) is -0.700. The summed E-state index contributed by atoms with van der Waals surface area (Å²) < 4.78 is 45.5. The summed E-state index contributed by atoms with van der Waals surface area (Å²) in [6.45, 7) is 5.83. The molecule has 6 heteroatoms. The number of β-amino-alcohol motifs (C(OH)–C–C–N with tert-alkyl or cyclic N) is 1. The van der Waals surface area contributed by atoms with Gasteiger partial charge < -0.3 is 15.3 Å². The molecule has 1 heterocycles. The Balaban J connectivity index is 2.26. The molecule has 1 aromatic rings. The summed E-state index contributed by atoms with van der Waals surface area (Å²) >= 11 is 0. The van der Waals surface area contributed by atoms with E-state index in [1.165, 1.54) is 4.90 Å². The van der Waals surface area contributed by atoms with Gasteiger partial charge in [-0.2, -0.15) is 13.2 Å². The number of alkyl halides is 3. The highest BCUT2D eigenvalue weighted by Crippen LogP contribution is 2.55. The first-order valence-corrected chi connectivity index (χ1v) is 10.8. The van der Waals surface area contributed by atoms with Gasteiger partial charge in [0.2, 0.25) is 0 Å². The van der Waals surface area contributed by atoms with Crippen LogP contribution in [0.5, 0.6) is 0 Å². The Hall–Kier alpha value is -1.69. The van der Waals surface area contributed by atoms with Gasteiger partial charge >= 0.3 is 6.18 Å². The van der Waals surface area contributed by atoms with Crippen molar-refractivity contribution in [1.82, 2.24) is 5.32 Å². The maximum atomic E-state index is 15.2. The van der Waals surface area contributed by atoms with E-state index in [4.69, 9.17) is 0 Å². The standard InChI is InChI=1S/C23H33F3N2O/c1-4-6-14-22(23(24,25)26)21-16(3)17(5-2)12-13-19(21)27-20(29)15-28(22)18-10-8-7-9-11-18/h7-11,13,16-17,20-21,27,29H,4-6,12,14-15H2,1-3H3. The van der Waals surface area contributed by atoms with Gasteiger partial charge in [0.25, 0.3) is 0 Å². The predicted octanol–water partition coefficient (Wildman–Crippen LogP) is 5.47. The Labute approximate surface area is 172 Å². The smallest absolute Gasteiger partial charge is 0.372 e. The van der Waals surface area contributed by atoms with Crippen LogP contribution >= 0.6 is 0 Å². The lowest BCUT2D eigenvalue weighted by Crippen LogP contribution is -2.66. The van der Waals surface area contributed by atoms with E-state index < -0.39 is 23.9 Å². The summed E-state index contributed by atoms with van der Waals surface area (Å²) in [5, 5.41) is 13.7. The van der Waals surface area contributed by atoms with Gasteiger partial charge in [-0.3, -0.25) is 0 Å². The van der Waals surface area contributed by atoms with E-state index in [0.717, 1.165) is 12.8 Å². The van der Waals surface area contributed by atoms with Crippen LogP contribution in [-0.4, -0.2) is 29.6 Å². The van der Waals surface area contributed by atoms with Gasteiger partial charge in [0, 0.05) is 17.3 Å². The van der Waals surface area contributed by atoms with Gasteiger partial charge in [0.1, 0.15) is 11.8 Å². The maximum Gasteiger partial charge on any atom is 0.412 e. The Kier molecular flexibility index (Phi) is 6.51. The van der Waals surface area contributed by atoms with Gasteiger partial charge in [0.15, 0.2) is 0 Å². The molecule has 1 aliphatic heterocycles. The number of nitrogens with zero attached hydrogens (tertiary/aromatic N) is 1. The molecule has 5 unspecified atom stereocenters. The van der Waals surface area contributed by atoms with E-state index in [1.54, 1.807) is 30.3 Å². The molecular weight excluding hydrogens is 377 g/mol. The lowest BCUT2D eigenvalue weighted by molar-refractivity contribution is -0.208. The van der Waals surface area contributed by atoms with E-state index in [2.05, 4.69) is 12.2 Å². The van der Waals surface area contributed by atoms with Crippen molar-refractivity contribution >= 4 is 5.69 Å². The normalized spacial score (nSPS) is 32.8. The maximum absolute atomic E-state index is 15.2. The Bertz CT molecular complexity index is 706. The summed E-state index contributed by atoms with van der Waals surface area (Å²) in [4.78, 5) is 1.44. The average Bonchev–Trinajstić information content (AvgIpc) is 2.81. The molecule has 2 aliphatic rings. The van der Waals surface area contributed by atoms with Crippen LogP contribution in [0.2, 0.25) is 0 Å². The zero-order chi connectivity index (χ0) is 21.2. The molecule has 1 fully saturated rings. The molecule has 3 rings (SSSR count). The van der Waals surface area contributed by atoms with Gasteiger partial charge in [-0.1, -0.05) is 64.3 Å². The highest BCUT2D eigenvalue weighted by atomic mass is 19.4. The van der Waals surface area contributed by atoms with Gasteiger partial charge in [0.05, 0.1) is 6.54 Å². The summed E-state index contributed by atoms with van der Waals surface area (Å²) in [6.07, 6.45) is -0.826. The highest BCUT2D eigenvalue weighted by Gasteiger charge is 2.66. The van der Waals surface area contributed by atoms with Crippen LogP contribution in [0.25, 0.3) is 0 Å². The number of hydrogen-bond acceptors (Lipinski definition) is 3. The van der Waals surface area contributed by atoms with Gasteiger partial charge in [-0.15, -0.1) is 0 Å². The number of para-hydroxylation sites is 1. The van der Waals surface area contributed by atoms with E-state index in [-0.39, 0.29) is 24.8 Å². The van der Waals surface area contributed by atoms with Crippen molar-refractivity contribution in [1.29, 1.82) is 0 Å². The number of unbranched alkanes of at least 4 members (excludes halogenated alkanes) is 1. The number of benzene rings is 1. The molecule has 0 amide bonds. The number of rotatable bonds is 5. The number of allylic oxidation sites excluding steroid dienone is 1. The number of halogens is 3. The molecule has 3 nitrogen and oxygen atoms in total. The van der Waals surface area contributed by atoms with Crippen LogP contribution in [-0.2, 0) is 0 Å². The monoisotopic (exact) mass is 410 g/mol. The molecule has 0 saturated carbocycles. The van der Waals surface area contributed by atoms with Crippen molar-refractivity contribution < 1.29 is 18.3 Å². The molecule has 1 aromatic carbocycles. The second-order valence-electron chi connectivity index (χ2n) is 8.53. The summed E-state index contributed by atoms with van der Waals surface area (Å²) in [7, 11) is 0. The first kappa shape index (κ1) is 22.0. The van der Waals surface area contributed by atoms with E-state index >= 15 is 13.2 Å². The van der Waals surface area contributed by atoms with E-state index in [9.17, 15) is 5.11 Å². The second-order valence-corrected chi connectivity index (χ2v) is 8.53. The van der Waals surface area contributed by atoms with Gasteiger partial charge in [-0.25, -0.2) is 0 Å². The van der Waals surface area contributed by atoms with Crippen LogP contribution in [0.3, 0.4) is 0 Å². The molecule has 0 radical (unpaired) electrons. The Morgan fingerprint density at radius 2 is 1.90 bits per heavy atom. The van der Waals surface area contributed by atoms with E-state index in [0.29, 0.717) is 24.2 Å². The van der Waals surface area contributed by atoms with Crippen LogP contribution in [0, 0.1) is 17.8 Å². The lowest BCUT2D eigenvalue weighted by Gasteiger charge is -2.53. The molecule has 0 spiro atoms. The molecule has 5 atom stereocenters. The SMILES string of the molecule is CCCCC1(C(F)(F)F)C2C(=CCC(CC)C2C)NC(O)CN1c1ccccc1. The van der Waals surface area contributed by atoms with Gasteiger partial charge in [-0.05, 0) is 36.8 Å². The van der Waals surface area contributed by atoms with Crippen molar-refractivity contribution in [2.24, 2.45) is 17.8 Å². The molecular formula is C23H33F3N2O. The third kappa shape index (κ3) is 3.88. The molecule has 1 saturated heterocycles. The number of hydrogen-bond donors (Lipinski definition) is 2. The van der Waals surface area contributed by atoms with Crippen molar-refractivity contribution in [2.75, 3.05) is 11.4 Å². The lowest BCUT2D eigenvalue weighted by atomic mass is 9.63. The number of anilines is 1. The molecule has 0 bridgehead atoms. The van der Waals surface area contributed by atoms with Crippen molar-refractivity contribution in [3.63, 3.8) is 0 Å². The third-order valence-electron chi connectivity index (χ3n) is 6.92. The zero-order valence-corrected chi connectivity index (χ0v) is 17.5. The van der Waals surface area contributed by atoms with Crippen molar-refractivity contribution in [3.05, 3.63) is 42.1 Å². The molecule has 162 valence electrons. The number of aliphatic hydroxyl groups is 1. The largest absolute Gasteiger partial charge is 0.412 e. The second kappa shape index (κ2) is 8.58. The highest BCUT2D eigenvalue weighted by molar-refractivity contribution is 5.52. The minimum absolute atomic E-state index is 0.0130. The first-order chi connectivity index (χ1) is 13.8. The number of aliphatic hydroxyl groups excluding tert-OH is 1. The minimum Gasteiger partial charge on any atom is -0.372 e. The van der Waals surface area contributed by atoms with Crippen LogP contribution < -0.4 is 10.2 Å². The predicted molar refractivity (Wildman–Crippen MR) is 110 cm³/mol. The van der Waals surface area contributed by atoms with Crippen molar-refractivity contribution in [2.45, 2.75) is 70.8 Å². The minimum atomic E-state index is -4.45. The summed E-state index contributed by atoms with van der Waals surface area (Å²) in [6, 6.07) is 8.77. The quantitative estimate of drug-likeness (QED) is 0.675. The first-order valence-electron chi connectivity index (χ1n) is 10.8. The van der Waals surface area contributed by atoms with Crippen molar-refractivity contribution in [3.8, 4) is 0 Å². The fraction of sp³-hybridized carbons (Fsp3) is 0.652. The van der Waals surface area contributed by atoms with Crippen LogP contribution in [0.1, 0.15) is 52.9 Å². The summed E-state index contributed by atoms with van der Waals surface area (Å²) in [5.41, 5.74) is -0.996. The molecule has 2 N–H and O–H groups in total.